The van der Waals surface area contributed by atoms with E-state index < -0.39 is 17.6 Å². The molecule has 0 bridgehead atoms. The number of ether oxygens (including phenoxy) is 2. The van der Waals surface area contributed by atoms with Crippen molar-refractivity contribution in [3.05, 3.63) is 88.1 Å². The fourth-order valence-corrected chi connectivity index (χ4v) is 4.24. The summed E-state index contributed by atoms with van der Waals surface area (Å²) >= 11 is 6.28. The standard InChI is InChI=1S/C28H25ClF3N3O4/c1-16-25(26(35-39-16)19-6-4-5-7-20(19)29)27(36)34-22-15-18(28(30,31)32)9-10-21(22)33-13-12-17-8-11-23(37-2)24(14-17)38-3/h4-11,14-15,33H,12-13H2,1-3H3,(H,34,36). The minimum Gasteiger partial charge on any atom is -0.493 e. The Hall–Kier alpha value is -4.18. The van der Waals surface area contributed by atoms with Crippen molar-refractivity contribution in [1.29, 1.82) is 0 Å². The third-order valence-electron chi connectivity index (χ3n) is 5.99. The number of benzene rings is 3. The maximum Gasteiger partial charge on any atom is 0.416 e. The van der Waals surface area contributed by atoms with Crippen molar-refractivity contribution in [2.75, 3.05) is 31.4 Å². The van der Waals surface area contributed by atoms with Gasteiger partial charge in [0.1, 0.15) is 17.0 Å². The van der Waals surface area contributed by atoms with Gasteiger partial charge in [0.05, 0.1) is 36.2 Å². The summed E-state index contributed by atoms with van der Waals surface area (Å²) in [6, 6.07) is 15.3. The van der Waals surface area contributed by atoms with E-state index in [2.05, 4.69) is 15.8 Å². The zero-order chi connectivity index (χ0) is 28.2. The van der Waals surface area contributed by atoms with Gasteiger partial charge in [0.25, 0.3) is 5.91 Å². The highest BCUT2D eigenvalue weighted by atomic mass is 35.5. The first-order valence-corrected chi connectivity index (χ1v) is 12.2. The number of alkyl halides is 3. The number of halogens is 4. The Labute approximate surface area is 227 Å². The van der Waals surface area contributed by atoms with E-state index in [0.717, 1.165) is 17.7 Å². The lowest BCUT2D eigenvalue weighted by Gasteiger charge is -2.16. The summed E-state index contributed by atoms with van der Waals surface area (Å²) in [6.07, 6.45) is -4.08. The number of carbonyl (C=O) groups is 1. The van der Waals surface area contributed by atoms with E-state index in [4.69, 9.17) is 25.6 Å². The second-order valence-electron chi connectivity index (χ2n) is 8.52. The van der Waals surface area contributed by atoms with Crippen molar-refractivity contribution in [3.63, 3.8) is 0 Å². The Balaban J connectivity index is 1.60. The molecule has 1 amide bonds. The van der Waals surface area contributed by atoms with E-state index >= 15 is 0 Å². The maximum atomic E-state index is 13.5. The van der Waals surface area contributed by atoms with Gasteiger partial charge in [0.15, 0.2) is 11.5 Å². The van der Waals surface area contributed by atoms with Gasteiger partial charge in [-0.1, -0.05) is 41.0 Å². The monoisotopic (exact) mass is 559 g/mol. The van der Waals surface area contributed by atoms with Crippen LogP contribution in [-0.2, 0) is 12.6 Å². The van der Waals surface area contributed by atoms with E-state index in [1.807, 2.05) is 12.1 Å². The Morgan fingerprint density at radius 3 is 2.44 bits per heavy atom. The summed E-state index contributed by atoms with van der Waals surface area (Å²) in [7, 11) is 3.07. The largest absolute Gasteiger partial charge is 0.493 e. The number of methoxy groups -OCH3 is 2. The quantitative estimate of drug-likeness (QED) is 0.225. The summed E-state index contributed by atoms with van der Waals surface area (Å²) in [5.41, 5.74) is 0.984. The minimum atomic E-state index is -4.60. The first kappa shape index (κ1) is 27.8. The molecule has 0 atom stereocenters. The number of aromatic nitrogens is 1. The Bertz CT molecular complexity index is 1490. The van der Waals surface area contributed by atoms with Crippen LogP contribution in [0.4, 0.5) is 24.5 Å². The lowest BCUT2D eigenvalue weighted by molar-refractivity contribution is -0.137. The van der Waals surface area contributed by atoms with Crippen LogP contribution in [0.5, 0.6) is 11.5 Å². The van der Waals surface area contributed by atoms with E-state index in [0.29, 0.717) is 40.7 Å². The number of hydrogen-bond acceptors (Lipinski definition) is 6. The van der Waals surface area contributed by atoms with E-state index in [9.17, 15) is 18.0 Å². The molecule has 0 saturated heterocycles. The zero-order valence-corrected chi connectivity index (χ0v) is 22.0. The molecule has 4 aromatic rings. The second kappa shape index (κ2) is 11.7. The van der Waals surface area contributed by atoms with Crippen molar-refractivity contribution in [2.24, 2.45) is 0 Å². The smallest absolute Gasteiger partial charge is 0.416 e. The number of nitrogens with one attached hydrogen (secondary N) is 2. The molecule has 4 rings (SSSR count). The molecule has 1 heterocycles. The summed E-state index contributed by atoms with van der Waals surface area (Å²) in [6.45, 7) is 1.90. The molecule has 2 N–H and O–H groups in total. The zero-order valence-electron chi connectivity index (χ0n) is 21.3. The van der Waals surface area contributed by atoms with Gasteiger partial charge in [-0.2, -0.15) is 13.2 Å². The molecule has 0 unspecified atom stereocenters. The molecule has 204 valence electrons. The van der Waals surface area contributed by atoms with Crippen LogP contribution in [0, 0.1) is 6.92 Å². The van der Waals surface area contributed by atoms with Crippen LogP contribution in [0.15, 0.2) is 65.2 Å². The van der Waals surface area contributed by atoms with Gasteiger partial charge in [0, 0.05) is 12.1 Å². The molecule has 0 fully saturated rings. The maximum absolute atomic E-state index is 13.5. The third-order valence-corrected chi connectivity index (χ3v) is 6.32. The summed E-state index contributed by atoms with van der Waals surface area (Å²) < 4.78 is 56.4. The highest BCUT2D eigenvalue weighted by molar-refractivity contribution is 6.33. The Morgan fingerprint density at radius 1 is 1.00 bits per heavy atom. The van der Waals surface area contributed by atoms with Gasteiger partial charge in [-0.3, -0.25) is 4.79 Å². The minimum absolute atomic E-state index is 0.0483. The number of anilines is 2. The van der Waals surface area contributed by atoms with Crippen molar-refractivity contribution >= 4 is 28.9 Å². The summed E-state index contributed by atoms with van der Waals surface area (Å²) in [4.78, 5) is 13.4. The van der Waals surface area contributed by atoms with Crippen LogP contribution >= 0.6 is 11.6 Å². The van der Waals surface area contributed by atoms with Gasteiger partial charge in [-0.15, -0.1) is 0 Å². The lowest BCUT2D eigenvalue weighted by atomic mass is 10.0. The van der Waals surface area contributed by atoms with Gasteiger partial charge < -0.3 is 24.6 Å². The number of amides is 1. The molecule has 39 heavy (non-hydrogen) atoms. The van der Waals surface area contributed by atoms with E-state index in [-0.39, 0.29) is 22.7 Å². The molecule has 7 nitrogen and oxygen atoms in total. The van der Waals surface area contributed by atoms with Crippen molar-refractivity contribution in [1.82, 2.24) is 5.16 Å². The number of aryl methyl sites for hydroxylation is 1. The molecule has 0 aliphatic carbocycles. The lowest BCUT2D eigenvalue weighted by Crippen LogP contribution is -2.17. The average Bonchev–Trinajstić information content (AvgIpc) is 3.30. The van der Waals surface area contributed by atoms with Gasteiger partial charge in [0.2, 0.25) is 0 Å². The predicted octanol–water partition coefficient (Wildman–Crippen LogP) is 7.25. The first-order valence-electron chi connectivity index (χ1n) is 11.8. The molecular weight excluding hydrogens is 535 g/mol. The number of hydrogen-bond donors (Lipinski definition) is 2. The van der Waals surface area contributed by atoms with Crippen LogP contribution in [0.2, 0.25) is 5.02 Å². The normalized spacial score (nSPS) is 11.3. The molecular formula is C28H25ClF3N3O4. The average molecular weight is 560 g/mol. The predicted molar refractivity (Wildman–Crippen MR) is 143 cm³/mol. The van der Waals surface area contributed by atoms with Crippen LogP contribution in [-0.4, -0.2) is 31.8 Å². The van der Waals surface area contributed by atoms with Crippen molar-refractivity contribution in [3.8, 4) is 22.8 Å². The molecule has 0 radical (unpaired) electrons. The molecule has 1 aromatic heterocycles. The van der Waals surface area contributed by atoms with E-state index in [1.165, 1.54) is 27.2 Å². The van der Waals surface area contributed by atoms with Crippen molar-refractivity contribution in [2.45, 2.75) is 19.5 Å². The highest BCUT2D eigenvalue weighted by Gasteiger charge is 2.32. The first-order chi connectivity index (χ1) is 18.6. The second-order valence-corrected chi connectivity index (χ2v) is 8.93. The van der Waals surface area contributed by atoms with Crippen molar-refractivity contribution < 1.29 is 32.0 Å². The molecule has 11 heteroatoms. The number of rotatable bonds is 9. The molecule has 0 aliphatic heterocycles. The van der Waals surface area contributed by atoms with E-state index in [1.54, 1.807) is 30.3 Å². The van der Waals surface area contributed by atoms with Crippen LogP contribution < -0.4 is 20.1 Å². The molecule has 3 aromatic carbocycles. The van der Waals surface area contributed by atoms with Gasteiger partial charge in [-0.05, 0) is 55.3 Å². The summed E-state index contributed by atoms with van der Waals surface area (Å²) in [5, 5.41) is 10.0. The fourth-order valence-electron chi connectivity index (χ4n) is 4.02. The fraction of sp³-hybridized carbons (Fsp3) is 0.214. The number of carbonyl (C=O) groups excluding carboxylic acids is 1. The Morgan fingerprint density at radius 2 is 1.74 bits per heavy atom. The third kappa shape index (κ3) is 6.28. The molecule has 0 aliphatic rings. The highest BCUT2D eigenvalue weighted by Crippen LogP contribution is 2.36. The van der Waals surface area contributed by atoms with Crippen LogP contribution in [0.1, 0.15) is 27.2 Å². The van der Waals surface area contributed by atoms with Gasteiger partial charge in [-0.25, -0.2) is 0 Å². The molecule has 0 saturated carbocycles. The van der Waals surface area contributed by atoms with Gasteiger partial charge >= 0.3 is 6.18 Å². The van der Waals surface area contributed by atoms with Crippen LogP contribution in [0.3, 0.4) is 0 Å². The Kier molecular flexibility index (Phi) is 8.35. The topological polar surface area (TPSA) is 85.6 Å². The SMILES string of the molecule is COc1ccc(CCNc2ccc(C(F)(F)F)cc2NC(=O)c2c(-c3ccccc3Cl)noc2C)cc1OC. The summed E-state index contributed by atoms with van der Waals surface area (Å²) in [5.74, 6) is 0.654. The molecule has 0 spiro atoms. The number of nitrogens with zero attached hydrogens (tertiary/aromatic N) is 1. The van der Waals surface area contributed by atoms with Crippen LogP contribution in [0.25, 0.3) is 11.3 Å².